The standard InChI is InChI=1S/C20H24N4OS/c1-15(2)16-5-7-17(8-6-16)19-22-18(13-26-19)20(25)23(3)10-4-11-24-12-9-21-14-24/h5-9,12-15H,4,10-11H2,1-3H3. The summed E-state index contributed by atoms with van der Waals surface area (Å²) in [6.07, 6.45) is 6.36. The van der Waals surface area contributed by atoms with Crippen LogP contribution in [0.25, 0.3) is 10.6 Å². The van der Waals surface area contributed by atoms with Gasteiger partial charge in [-0.2, -0.15) is 0 Å². The Kier molecular flexibility index (Phi) is 5.83. The van der Waals surface area contributed by atoms with Crippen LogP contribution in [0.4, 0.5) is 0 Å². The third-order valence-electron chi connectivity index (χ3n) is 4.36. The molecule has 1 amide bonds. The second-order valence-electron chi connectivity index (χ2n) is 6.70. The molecule has 0 N–H and O–H groups in total. The molecule has 0 unspecified atom stereocenters. The van der Waals surface area contributed by atoms with Gasteiger partial charge in [-0.1, -0.05) is 38.1 Å². The van der Waals surface area contributed by atoms with E-state index >= 15 is 0 Å². The Morgan fingerprint density at radius 1 is 1.27 bits per heavy atom. The van der Waals surface area contributed by atoms with E-state index in [0.29, 0.717) is 18.2 Å². The van der Waals surface area contributed by atoms with E-state index in [9.17, 15) is 4.79 Å². The van der Waals surface area contributed by atoms with Gasteiger partial charge in [0.1, 0.15) is 10.7 Å². The molecule has 136 valence electrons. The van der Waals surface area contributed by atoms with E-state index in [-0.39, 0.29) is 5.91 Å². The van der Waals surface area contributed by atoms with Gasteiger partial charge in [0.15, 0.2) is 0 Å². The Labute approximate surface area is 158 Å². The van der Waals surface area contributed by atoms with Crippen molar-refractivity contribution < 1.29 is 4.79 Å². The minimum Gasteiger partial charge on any atom is -0.340 e. The summed E-state index contributed by atoms with van der Waals surface area (Å²) in [6, 6.07) is 8.42. The van der Waals surface area contributed by atoms with Crippen molar-refractivity contribution in [3.05, 3.63) is 59.6 Å². The largest absolute Gasteiger partial charge is 0.340 e. The monoisotopic (exact) mass is 368 g/mol. The Balaban J connectivity index is 1.59. The van der Waals surface area contributed by atoms with Gasteiger partial charge in [0.25, 0.3) is 5.91 Å². The Morgan fingerprint density at radius 2 is 2.04 bits per heavy atom. The fourth-order valence-corrected chi connectivity index (χ4v) is 3.52. The van der Waals surface area contributed by atoms with Crippen LogP contribution >= 0.6 is 11.3 Å². The van der Waals surface area contributed by atoms with Crippen LogP contribution in [0, 0.1) is 0 Å². The number of amides is 1. The molecule has 3 aromatic rings. The average molecular weight is 369 g/mol. The average Bonchev–Trinajstić information content (AvgIpc) is 3.33. The highest BCUT2D eigenvalue weighted by Crippen LogP contribution is 2.26. The molecule has 0 atom stereocenters. The van der Waals surface area contributed by atoms with E-state index < -0.39 is 0 Å². The number of aromatic nitrogens is 3. The van der Waals surface area contributed by atoms with Crippen molar-refractivity contribution in [3.8, 4) is 10.6 Å². The molecule has 26 heavy (non-hydrogen) atoms. The van der Waals surface area contributed by atoms with Gasteiger partial charge in [0.05, 0.1) is 6.33 Å². The number of rotatable bonds is 7. The van der Waals surface area contributed by atoms with Gasteiger partial charge in [0, 0.05) is 43.5 Å². The van der Waals surface area contributed by atoms with Gasteiger partial charge in [-0.15, -0.1) is 11.3 Å². The molecule has 6 heteroatoms. The van der Waals surface area contributed by atoms with Crippen LogP contribution in [0.15, 0.2) is 48.4 Å². The molecule has 2 heterocycles. The summed E-state index contributed by atoms with van der Waals surface area (Å²) in [5, 5.41) is 2.73. The number of thiazole rings is 1. The quantitative estimate of drug-likeness (QED) is 0.625. The first kappa shape index (κ1) is 18.3. The third-order valence-corrected chi connectivity index (χ3v) is 5.25. The van der Waals surface area contributed by atoms with Crippen LogP contribution in [0.2, 0.25) is 0 Å². The summed E-state index contributed by atoms with van der Waals surface area (Å²) >= 11 is 1.51. The van der Waals surface area contributed by atoms with E-state index in [1.54, 1.807) is 17.4 Å². The number of hydrogen-bond acceptors (Lipinski definition) is 4. The Morgan fingerprint density at radius 3 is 2.69 bits per heavy atom. The predicted octanol–water partition coefficient (Wildman–Crippen LogP) is 4.29. The predicted molar refractivity (Wildman–Crippen MR) is 105 cm³/mol. The Hall–Kier alpha value is -2.47. The zero-order chi connectivity index (χ0) is 18.5. The number of carbonyl (C=O) groups is 1. The fourth-order valence-electron chi connectivity index (χ4n) is 2.72. The molecule has 0 radical (unpaired) electrons. The summed E-state index contributed by atoms with van der Waals surface area (Å²) in [5.74, 6) is 0.477. The van der Waals surface area contributed by atoms with Gasteiger partial charge in [0.2, 0.25) is 0 Å². The summed E-state index contributed by atoms with van der Waals surface area (Å²) < 4.78 is 2.01. The van der Waals surface area contributed by atoms with Gasteiger partial charge < -0.3 is 9.47 Å². The maximum Gasteiger partial charge on any atom is 0.273 e. The van der Waals surface area contributed by atoms with Crippen molar-refractivity contribution in [2.45, 2.75) is 32.7 Å². The van der Waals surface area contributed by atoms with Crippen molar-refractivity contribution in [2.75, 3.05) is 13.6 Å². The second-order valence-corrected chi connectivity index (χ2v) is 7.55. The highest BCUT2D eigenvalue weighted by molar-refractivity contribution is 7.13. The van der Waals surface area contributed by atoms with Gasteiger partial charge in [-0.25, -0.2) is 9.97 Å². The fraction of sp³-hybridized carbons (Fsp3) is 0.350. The highest BCUT2D eigenvalue weighted by Gasteiger charge is 2.16. The minimum atomic E-state index is -0.0306. The molecule has 0 aliphatic rings. The molecule has 0 bridgehead atoms. The second kappa shape index (κ2) is 8.27. The van der Waals surface area contributed by atoms with Crippen molar-refractivity contribution in [1.29, 1.82) is 0 Å². The first-order valence-electron chi connectivity index (χ1n) is 8.81. The molecule has 0 saturated carbocycles. The lowest BCUT2D eigenvalue weighted by Crippen LogP contribution is -2.28. The van der Waals surface area contributed by atoms with Crippen molar-refractivity contribution in [2.24, 2.45) is 0 Å². The molecule has 0 spiro atoms. The van der Waals surface area contributed by atoms with Crippen LogP contribution in [0.5, 0.6) is 0 Å². The van der Waals surface area contributed by atoms with Gasteiger partial charge in [-0.3, -0.25) is 4.79 Å². The number of aryl methyl sites for hydroxylation is 1. The highest BCUT2D eigenvalue weighted by atomic mass is 32.1. The molecule has 0 aliphatic carbocycles. The summed E-state index contributed by atoms with van der Waals surface area (Å²) in [5.41, 5.74) is 2.88. The number of carbonyl (C=O) groups excluding carboxylic acids is 1. The van der Waals surface area contributed by atoms with Crippen LogP contribution in [0.3, 0.4) is 0 Å². The third kappa shape index (κ3) is 4.38. The molecule has 1 aromatic carbocycles. The maximum atomic E-state index is 12.6. The molecular weight excluding hydrogens is 344 g/mol. The summed E-state index contributed by atoms with van der Waals surface area (Å²) in [6.45, 7) is 5.89. The Bertz CT molecular complexity index is 837. The van der Waals surface area contributed by atoms with Crippen molar-refractivity contribution >= 4 is 17.2 Å². The van der Waals surface area contributed by atoms with Crippen LogP contribution in [-0.4, -0.2) is 38.9 Å². The lowest BCUT2D eigenvalue weighted by Gasteiger charge is -2.15. The zero-order valence-corrected chi connectivity index (χ0v) is 16.2. The molecule has 5 nitrogen and oxygen atoms in total. The molecule has 3 rings (SSSR count). The molecular formula is C20H24N4OS. The SMILES string of the molecule is CC(C)c1ccc(-c2nc(C(=O)N(C)CCCn3ccnc3)cs2)cc1. The van der Waals surface area contributed by atoms with E-state index in [1.807, 2.05) is 23.2 Å². The van der Waals surface area contributed by atoms with Crippen molar-refractivity contribution in [1.82, 2.24) is 19.4 Å². The first-order chi connectivity index (χ1) is 12.5. The first-order valence-corrected chi connectivity index (χ1v) is 9.69. The van der Waals surface area contributed by atoms with E-state index in [0.717, 1.165) is 23.5 Å². The van der Waals surface area contributed by atoms with Crippen LogP contribution in [0.1, 0.15) is 42.2 Å². The lowest BCUT2D eigenvalue weighted by molar-refractivity contribution is 0.0787. The molecule has 0 aliphatic heterocycles. The van der Waals surface area contributed by atoms with Gasteiger partial charge in [-0.05, 0) is 17.9 Å². The number of nitrogens with zero attached hydrogens (tertiary/aromatic N) is 4. The molecule has 0 fully saturated rings. The van der Waals surface area contributed by atoms with Crippen molar-refractivity contribution in [3.63, 3.8) is 0 Å². The van der Waals surface area contributed by atoms with E-state index in [4.69, 9.17) is 0 Å². The summed E-state index contributed by atoms with van der Waals surface area (Å²) in [4.78, 5) is 22.9. The number of hydrogen-bond donors (Lipinski definition) is 0. The topological polar surface area (TPSA) is 51.0 Å². The van der Waals surface area contributed by atoms with Crippen LogP contribution in [-0.2, 0) is 6.54 Å². The number of imidazole rings is 1. The lowest BCUT2D eigenvalue weighted by atomic mass is 10.0. The van der Waals surface area contributed by atoms with Gasteiger partial charge >= 0.3 is 0 Å². The normalized spacial score (nSPS) is 11.1. The van der Waals surface area contributed by atoms with E-state index in [1.165, 1.54) is 16.9 Å². The van der Waals surface area contributed by atoms with E-state index in [2.05, 4.69) is 48.1 Å². The van der Waals surface area contributed by atoms with Crippen LogP contribution < -0.4 is 0 Å². The molecule has 0 saturated heterocycles. The summed E-state index contributed by atoms with van der Waals surface area (Å²) in [7, 11) is 1.83. The maximum absolute atomic E-state index is 12.6. The zero-order valence-electron chi connectivity index (χ0n) is 15.4. The smallest absolute Gasteiger partial charge is 0.273 e. The minimum absolute atomic E-state index is 0.0306. The molecule has 2 aromatic heterocycles. The number of benzene rings is 1.